The number of halogens is 1. The van der Waals surface area contributed by atoms with Crippen LogP contribution in [0.3, 0.4) is 0 Å². The van der Waals surface area contributed by atoms with E-state index in [0.717, 1.165) is 45.2 Å². The summed E-state index contributed by atoms with van der Waals surface area (Å²) in [7, 11) is 0. The summed E-state index contributed by atoms with van der Waals surface area (Å²) < 4.78 is 8.07. The van der Waals surface area contributed by atoms with Crippen molar-refractivity contribution in [3.63, 3.8) is 0 Å². The molecule has 0 radical (unpaired) electrons. The highest BCUT2D eigenvalue weighted by Gasteiger charge is 2.26. The summed E-state index contributed by atoms with van der Waals surface area (Å²) in [6.45, 7) is 0.408. The Balaban J connectivity index is 1.77. The smallest absolute Gasteiger partial charge is 0.167 e. The number of aromatic nitrogens is 3. The average Bonchev–Trinajstić information content (AvgIpc) is 3.14. The maximum atomic E-state index is 5.95. The molecule has 0 amide bonds. The van der Waals surface area contributed by atoms with Crippen LogP contribution in [0.15, 0.2) is 73.1 Å². The number of nitrogens with zero attached hydrogens (tertiary/aromatic N) is 3. The Morgan fingerprint density at radius 1 is 0.963 bits per heavy atom. The van der Waals surface area contributed by atoms with Gasteiger partial charge in [0.2, 0.25) is 0 Å². The number of hydrogen-bond donors (Lipinski definition) is 0. The average molecular weight is 374 g/mol. The lowest BCUT2D eigenvalue weighted by Gasteiger charge is -2.20. The predicted molar refractivity (Wildman–Crippen MR) is 107 cm³/mol. The summed E-state index contributed by atoms with van der Waals surface area (Å²) in [5.74, 6) is 2.16. The summed E-state index contributed by atoms with van der Waals surface area (Å²) >= 11 is 5.95. The molecule has 3 heterocycles. The van der Waals surface area contributed by atoms with Gasteiger partial charge in [-0.05, 0) is 11.6 Å². The molecule has 5 rings (SSSR count). The summed E-state index contributed by atoms with van der Waals surface area (Å²) in [5, 5.41) is 0. The van der Waals surface area contributed by atoms with Crippen molar-refractivity contribution in [2.75, 3.05) is 0 Å². The van der Waals surface area contributed by atoms with Crippen LogP contribution in [0.1, 0.15) is 5.56 Å². The molecule has 0 unspecified atom stereocenters. The van der Waals surface area contributed by atoms with Gasteiger partial charge in [-0.25, -0.2) is 4.98 Å². The highest BCUT2D eigenvalue weighted by molar-refractivity contribution is 6.17. The van der Waals surface area contributed by atoms with Gasteiger partial charge in [0.05, 0.1) is 23.1 Å². The Kier molecular flexibility index (Phi) is 3.91. The third kappa shape index (κ3) is 2.69. The number of hydrogen-bond acceptors (Lipinski definition) is 3. The van der Waals surface area contributed by atoms with Gasteiger partial charge in [-0.3, -0.25) is 9.55 Å². The van der Waals surface area contributed by atoms with E-state index in [9.17, 15) is 0 Å². The van der Waals surface area contributed by atoms with Gasteiger partial charge in [0.15, 0.2) is 12.5 Å². The molecule has 0 atom stereocenters. The molecule has 4 nitrogen and oxygen atoms in total. The summed E-state index contributed by atoms with van der Waals surface area (Å²) in [5.41, 5.74) is 6.19. The predicted octanol–water partition coefficient (Wildman–Crippen LogP) is 5.37. The molecule has 2 aromatic heterocycles. The third-order valence-electron chi connectivity index (χ3n) is 4.77. The van der Waals surface area contributed by atoms with E-state index in [1.54, 1.807) is 12.4 Å². The first-order chi connectivity index (χ1) is 13.3. The molecule has 0 fully saturated rings. The van der Waals surface area contributed by atoms with Gasteiger partial charge in [0, 0.05) is 23.2 Å². The molecule has 0 aliphatic carbocycles. The number of imidazole rings is 1. The van der Waals surface area contributed by atoms with Crippen LogP contribution < -0.4 is 4.74 Å². The van der Waals surface area contributed by atoms with E-state index in [0.29, 0.717) is 12.6 Å². The van der Waals surface area contributed by atoms with Crippen LogP contribution in [-0.2, 0) is 12.6 Å². The molecular weight excluding hydrogens is 358 g/mol. The lowest BCUT2D eigenvalue weighted by atomic mass is 10.0. The number of benzene rings is 2. The number of rotatable bonds is 3. The topological polar surface area (TPSA) is 39.9 Å². The first-order valence-electron chi connectivity index (χ1n) is 8.73. The molecule has 0 spiro atoms. The highest BCUT2D eigenvalue weighted by Crippen LogP contribution is 2.41. The minimum Gasteiger partial charge on any atom is -0.470 e. The summed E-state index contributed by atoms with van der Waals surface area (Å²) in [4.78, 5) is 9.18. The van der Waals surface area contributed by atoms with Gasteiger partial charge < -0.3 is 4.74 Å². The van der Waals surface area contributed by atoms with Crippen LogP contribution in [0.25, 0.3) is 33.9 Å². The summed E-state index contributed by atoms with van der Waals surface area (Å²) in [6, 6.07) is 20.5. The zero-order chi connectivity index (χ0) is 18.2. The molecule has 0 saturated heterocycles. The van der Waals surface area contributed by atoms with Gasteiger partial charge in [-0.2, -0.15) is 0 Å². The van der Waals surface area contributed by atoms with Crippen molar-refractivity contribution in [3.8, 4) is 39.7 Å². The van der Waals surface area contributed by atoms with Gasteiger partial charge in [0.1, 0.15) is 5.82 Å². The fourth-order valence-electron chi connectivity index (χ4n) is 3.44. The fraction of sp³-hybridized carbons (Fsp3) is 0.0909. The first kappa shape index (κ1) is 16.1. The first-order valence-corrected chi connectivity index (χ1v) is 9.27. The quantitative estimate of drug-likeness (QED) is 0.453. The van der Waals surface area contributed by atoms with Crippen LogP contribution in [0.4, 0.5) is 0 Å². The van der Waals surface area contributed by atoms with Crippen molar-refractivity contribution in [2.24, 2.45) is 0 Å². The molecule has 132 valence electrons. The third-order valence-corrected chi connectivity index (χ3v) is 5.08. The van der Waals surface area contributed by atoms with Crippen molar-refractivity contribution in [1.82, 2.24) is 14.5 Å². The maximum absolute atomic E-state index is 5.95. The van der Waals surface area contributed by atoms with Gasteiger partial charge in [-0.15, -0.1) is 11.6 Å². The van der Waals surface area contributed by atoms with Gasteiger partial charge in [0.25, 0.3) is 0 Å². The van der Waals surface area contributed by atoms with E-state index in [-0.39, 0.29) is 0 Å². The molecule has 27 heavy (non-hydrogen) atoms. The Morgan fingerprint density at radius 3 is 2.56 bits per heavy atom. The van der Waals surface area contributed by atoms with Crippen LogP contribution >= 0.6 is 11.6 Å². The van der Waals surface area contributed by atoms with E-state index in [2.05, 4.69) is 33.8 Å². The molecule has 4 aromatic rings. The molecule has 0 bridgehead atoms. The maximum Gasteiger partial charge on any atom is 0.167 e. The van der Waals surface area contributed by atoms with Crippen molar-refractivity contribution in [1.29, 1.82) is 0 Å². The van der Waals surface area contributed by atoms with E-state index < -0.39 is 0 Å². The largest absolute Gasteiger partial charge is 0.470 e. The number of fused-ring (bicyclic) bond motifs is 3. The monoisotopic (exact) mass is 373 g/mol. The van der Waals surface area contributed by atoms with Crippen molar-refractivity contribution >= 4 is 11.6 Å². The van der Waals surface area contributed by atoms with E-state index in [4.69, 9.17) is 21.3 Å². The zero-order valence-corrected chi connectivity index (χ0v) is 15.2. The second-order valence-corrected chi connectivity index (χ2v) is 6.67. The SMILES string of the molecule is ClCc1ccc(-c2nc3n(c2-c2ccccc2)COc2cnccc2-3)cc1. The second kappa shape index (κ2) is 6.56. The Labute approximate surface area is 162 Å². The van der Waals surface area contributed by atoms with E-state index in [1.807, 2.05) is 36.4 Å². The normalized spacial score (nSPS) is 12.2. The van der Waals surface area contributed by atoms with Crippen LogP contribution in [0.2, 0.25) is 0 Å². The Bertz CT molecular complexity index is 1100. The van der Waals surface area contributed by atoms with Crippen molar-refractivity contribution in [3.05, 3.63) is 78.6 Å². The molecule has 2 aromatic carbocycles. The standard InChI is InChI=1S/C22H16ClN3O/c23-12-15-6-8-16(9-7-15)20-21(17-4-2-1-3-5-17)26-14-27-19-13-24-11-10-18(19)22(26)25-20/h1-11,13H,12,14H2. The minimum atomic E-state index is 0.408. The Morgan fingerprint density at radius 2 is 1.78 bits per heavy atom. The number of pyridine rings is 1. The summed E-state index contributed by atoms with van der Waals surface area (Å²) in [6.07, 6.45) is 3.51. The number of ether oxygens (including phenoxy) is 1. The molecule has 1 aliphatic heterocycles. The van der Waals surface area contributed by atoms with Crippen LogP contribution in [0, 0.1) is 0 Å². The van der Waals surface area contributed by atoms with Crippen LogP contribution in [0.5, 0.6) is 5.75 Å². The lowest BCUT2D eigenvalue weighted by molar-refractivity contribution is 0.230. The lowest BCUT2D eigenvalue weighted by Crippen LogP contribution is -2.14. The van der Waals surface area contributed by atoms with Crippen LogP contribution in [-0.4, -0.2) is 14.5 Å². The van der Waals surface area contributed by atoms with E-state index >= 15 is 0 Å². The van der Waals surface area contributed by atoms with E-state index in [1.165, 1.54) is 0 Å². The Hall–Kier alpha value is -3.11. The molecular formula is C22H16ClN3O. The molecule has 1 aliphatic rings. The second-order valence-electron chi connectivity index (χ2n) is 6.40. The zero-order valence-electron chi connectivity index (χ0n) is 14.5. The van der Waals surface area contributed by atoms with Gasteiger partial charge in [-0.1, -0.05) is 54.6 Å². The number of alkyl halides is 1. The van der Waals surface area contributed by atoms with Crippen molar-refractivity contribution < 1.29 is 4.74 Å². The highest BCUT2D eigenvalue weighted by atomic mass is 35.5. The van der Waals surface area contributed by atoms with Crippen molar-refractivity contribution in [2.45, 2.75) is 12.6 Å². The molecule has 5 heteroatoms. The van der Waals surface area contributed by atoms with Gasteiger partial charge >= 0.3 is 0 Å². The minimum absolute atomic E-state index is 0.408. The molecule has 0 N–H and O–H groups in total. The fourth-order valence-corrected chi connectivity index (χ4v) is 3.62. The molecule has 0 saturated carbocycles.